The fourth-order valence-electron chi connectivity index (χ4n) is 1.36. The highest BCUT2D eigenvalue weighted by Crippen LogP contribution is 2.14. The number of amides is 2. The first-order valence-corrected chi connectivity index (χ1v) is 6.01. The Morgan fingerprint density at radius 3 is 2.86 bits per heavy atom. The molecule has 1 aliphatic heterocycles. The van der Waals surface area contributed by atoms with Gasteiger partial charge >= 0.3 is 0 Å². The number of nitrogens with zero attached hydrogens (tertiary/aromatic N) is 1. The molecular formula is C8H12N2O2S2. The second-order valence-electron chi connectivity index (χ2n) is 2.98. The van der Waals surface area contributed by atoms with Crippen molar-refractivity contribution in [3.8, 4) is 0 Å². The Balaban J connectivity index is 2.73. The third kappa shape index (κ3) is 2.24. The maximum absolute atomic E-state index is 11.4. The first-order valence-electron chi connectivity index (χ1n) is 4.21. The summed E-state index contributed by atoms with van der Waals surface area (Å²) in [6.07, 6.45) is 2.61. The van der Waals surface area contributed by atoms with Crippen LogP contribution in [-0.2, 0) is 9.59 Å². The number of rotatable bonds is 3. The number of thioether (sulfide) groups is 1. The Morgan fingerprint density at radius 2 is 2.36 bits per heavy atom. The number of nitrogens with one attached hydrogen (secondary N) is 1. The largest absolute Gasteiger partial charge is 0.301 e. The molecule has 1 N–H and O–H groups in total. The summed E-state index contributed by atoms with van der Waals surface area (Å²) in [5, 5.41) is 2.73. The summed E-state index contributed by atoms with van der Waals surface area (Å²) in [6, 6.07) is -0.410. The third-order valence-electron chi connectivity index (χ3n) is 2.00. The second-order valence-corrected chi connectivity index (χ2v) is 4.35. The molecule has 78 valence electrons. The maximum atomic E-state index is 11.4. The van der Waals surface area contributed by atoms with Crippen LogP contribution in [0.2, 0.25) is 0 Å². The van der Waals surface area contributed by atoms with Gasteiger partial charge < -0.3 is 5.32 Å². The normalized spacial score (nSPS) is 21.3. The van der Waals surface area contributed by atoms with Gasteiger partial charge in [-0.1, -0.05) is 0 Å². The molecule has 14 heavy (non-hydrogen) atoms. The molecule has 1 rings (SSSR count). The van der Waals surface area contributed by atoms with Crippen molar-refractivity contribution >= 4 is 40.9 Å². The van der Waals surface area contributed by atoms with Crippen molar-refractivity contribution in [1.29, 1.82) is 0 Å². The Kier molecular flexibility index (Phi) is 3.88. The Morgan fingerprint density at radius 1 is 1.71 bits per heavy atom. The number of carbonyl (C=O) groups excluding carboxylic acids is 2. The van der Waals surface area contributed by atoms with Crippen LogP contribution in [0.15, 0.2) is 0 Å². The Hall–Kier alpha value is -0.620. The van der Waals surface area contributed by atoms with Gasteiger partial charge in [0.15, 0.2) is 5.11 Å². The molecule has 0 bridgehead atoms. The summed E-state index contributed by atoms with van der Waals surface area (Å²) in [4.78, 5) is 24.0. The van der Waals surface area contributed by atoms with E-state index in [2.05, 4.69) is 5.32 Å². The van der Waals surface area contributed by atoms with Crippen LogP contribution >= 0.6 is 24.0 Å². The van der Waals surface area contributed by atoms with Crippen LogP contribution in [0, 0.1) is 0 Å². The number of hydrogen-bond acceptors (Lipinski definition) is 4. The first-order chi connectivity index (χ1) is 6.57. The molecule has 0 aromatic carbocycles. The van der Waals surface area contributed by atoms with E-state index in [1.54, 1.807) is 11.8 Å². The van der Waals surface area contributed by atoms with Crippen LogP contribution in [0.1, 0.15) is 13.3 Å². The first kappa shape index (κ1) is 11.5. The lowest BCUT2D eigenvalue weighted by Crippen LogP contribution is -2.38. The van der Waals surface area contributed by atoms with E-state index < -0.39 is 6.04 Å². The van der Waals surface area contributed by atoms with Gasteiger partial charge in [0.25, 0.3) is 0 Å². The molecule has 6 heteroatoms. The van der Waals surface area contributed by atoms with Gasteiger partial charge in [0.2, 0.25) is 11.8 Å². The smallest absolute Gasteiger partial charge is 0.249 e. The predicted molar refractivity (Wildman–Crippen MR) is 60.0 cm³/mol. The summed E-state index contributed by atoms with van der Waals surface area (Å²) >= 11 is 6.53. The molecule has 0 aromatic rings. The van der Waals surface area contributed by atoms with Gasteiger partial charge in [-0.2, -0.15) is 11.8 Å². The molecule has 0 aromatic heterocycles. The number of thiocarbonyl (C=S) groups is 1. The number of hydrogen-bond donors (Lipinski definition) is 1. The minimum Gasteiger partial charge on any atom is -0.301 e. The molecular weight excluding hydrogens is 220 g/mol. The third-order valence-corrected chi connectivity index (χ3v) is 2.94. The topological polar surface area (TPSA) is 49.4 Å². The highest BCUT2D eigenvalue weighted by atomic mass is 32.2. The lowest BCUT2D eigenvalue weighted by molar-refractivity contribution is -0.131. The van der Waals surface area contributed by atoms with E-state index in [1.807, 2.05) is 6.26 Å². The van der Waals surface area contributed by atoms with Crippen molar-refractivity contribution in [1.82, 2.24) is 10.2 Å². The van der Waals surface area contributed by atoms with Gasteiger partial charge in [-0.25, -0.2) is 0 Å². The molecule has 0 spiro atoms. The van der Waals surface area contributed by atoms with Gasteiger partial charge in [0, 0.05) is 6.92 Å². The minimum atomic E-state index is -0.410. The van der Waals surface area contributed by atoms with E-state index in [0.717, 1.165) is 5.75 Å². The van der Waals surface area contributed by atoms with Crippen LogP contribution in [0.5, 0.6) is 0 Å². The second kappa shape index (κ2) is 4.75. The maximum Gasteiger partial charge on any atom is 0.249 e. The predicted octanol–water partition coefficient (Wildman–Crippen LogP) is 0.371. The highest BCUT2D eigenvalue weighted by Gasteiger charge is 2.37. The van der Waals surface area contributed by atoms with Crippen molar-refractivity contribution in [2.75, 3.05) is 12.0 Å². The van der Waals surface area contributed by atoms with Gasteiger partial charge in [-0.3, -0.25) is 14.5 Å². The molecule has 1 unspecified atom stereocenters. The average Bonchev–Trinajstić information content (AvgIpc) is 2.37. The van der Waals surface area contributed by atoms with Crippen molar-refractivity contribution in [2.45, 2.75) is 19.4 Å². The van der Waals surface area contributed by atoms with Crippen LogP contribution < -0.4 is 5.32 Å². The quantitative estimate of drug-likeness (QED) is 0.714. The lowest BCUT2D eigenvalue weighted by atomic mass is 10.2. The summed E-state index contributed by atoms with van der Waals surface area (Å²) in [5.74, 6) is 0.489. The fraction of sp³-hybridized carbons (Fsp3) is 0.625. The molecule has 2 amide bonds. The fourth-order valence-corrected chi connectivity index (χ4v) is 2.18. The monoisotopic (exact) mass is 232 g/mol. The zero-order chi connectivity index (χ0) is 10.7. The van der Waals surface area contributed by atoms with E-state index in [9.17, 15) is 9.59 Å². The van der Waals surface area contributed by atoms with Crippen LogP contribution in [0.4, 0.5) is 0 Å². The van der Waals surface area contributed by atoms with Gasteiger partial charge in [-0.15, -0.1) is 0 Å². The minimum absolute atomic E-state index is 0.167. The molecule has 1 aliphatic rings. The van der Waals surface area contributed by atoms with E-state index in [1.165, 1.54) is 11.8 Å². The zero-order valence-electron chi connectivity index (χ0n) is 8.07. The van der Waals surface area contributed by atoms with Crippen LogP contribution in [0.25, 0.3) is 0 Å². The molecule has 1 atom stereocenters. The molecule has 1 fully saturated rings. The van der Waals surface area contributed by atoms with Gasteiger partial charge in [0.1, 0.15) is 6.04 Å². The van der Waals surface area contributed by atoms with Crippen molar-refractivity contribution in [3.63, 3.8) is 0 Å². The van der Waals surface area contributed by atoms with E-state index in [-0.39, 0.29) is 16.9 Å². The molecule has 1 heterocycles. The summed E-state index contributed by atoms with van der Waals surface area (Å²) in [5.41, 5.74) is 0. The SMILES string of the molecule is CSCCC1C(=O)NC(=S)N1C(C)=O. The number of carbonyl (C=O) groups is 2. The van der Waals surface area contributed by atoms with Crippen LogP contribution in [-0.4, -0.2) is 39.9 Å². The summed E-state index contributed by atoms with van der Waals surface area (Å²) in [7, 11) is 0. The Labute approximate surface area is 92.4 Å². The molecule has 1 saturated heterocycles. The molecule has 0 radical (unpaired) electrons. The molecule has 4 nitrogen and oxygen atoms in total. The van der Waals surface area contributed by atoms with E-state index in [0.29, 0.717) is 6.42 Å². The lowest BCUT2D eigenvalue weighted by Gasteiger charge is -2.18. The van der Waals surface area contributed by atoms with E-state index in [4.69, 9.17) is 12.2 Å². The molecule has 0 aliphatic carbocycles. The van der Waals surface area contributed by atoms with Crippen molar-refractivity contribution < 1.29 is 9.59 Å². The van der Waals surface area contributed by atoms with Gasteiger partial charge in [0.05, 0.1) is 0 Å². The standard InChI is InChI=1S/C8H12N2O2S2/c1-5(11)10-6(3-4-14-2)7(12)9-8(10)13/h6H,3-4H2,1-2H3,(H,9,12,13). The molecule has 0 saturated carbocycles. The Bertz CT molecular complexity index is 281. The van der Waals surface area contributed by atoms with Crippen LogP contribution in [0.3, 0.4) is 0 Å². The zero-order valence-corrected chi connectivity index (χ0v) is 9.70. The average molecular weight is 232 g/mol. The summed E-state index contributed by atoms with van der Waals surface area (Å²) in [6.45, 7) is 1.42. The van der Waals surface area contributed by atoms with Gasteiger partial charge in [-0.05, 0) is 30.6 Å². The summed E-state index contributed by atoms with van der Waals surface area (Å²) < 4.78 is 0. The highest BCUT2D eigenvalue weighted by molar-refractivity contribution is 7.98. The van der Waals surface area contributed by atoms with E-state index >= 15 is 0 Å². The van der Waals surface area contributed by atoms with Crippen molar-refractivity contribution in [2.24, 2.45) is 0 Å². The van der Waals surface area contributed by atoms with Crippen molar-refractivity contribution in [3.05, 3.63) is 0 Å².